The second kappa shape index (κ2) is 9.54. The van der Waals surface area contributed by atoms with E-state index >= 15 is 0 Å². The van der Waals surface area contributed by atoms with Crippen molar-refractivity contribution in [3.05, 3.63) is 30.1 Å². The third-order valence-corrected chi connectivity index (χ3v) is 5.41. The van der Waals surface area contributed by atoms with Crippen molar-refractivity contribution >= 4 is 5.96 Å². The fourth-order valence-electron chi connectivity index (χ4n) is 3.41. The van der Waals surface area contributed by atoms with Crippen LogP contribution in [0.1, 0.15) is 31.5 Å². The number of hydrogen-bond acceptors (Lipinski definition) is 5. The van der Waals surface area contributed by atoms with Crippen molar-refractivity contribution < 1.29 is 9.47 Å². The Bertz CT molecular complexity index is 767. The molecule has 0 saturated heterocycles. The Kier molecular flexibility index (Phi) is 6.86. The van der Waals surface area contributed by atoms with Gasteiger partial charge in [0.1, 0.15) is 11.6 Å². The van der Waals surface area contributed by atoms with E-state index in [1.165, 1.54) is 19.3 Å². The van der Waals surface area contributed by atoms with E-state index in [0.717, 1.165) is 42.7 Å². The van der Waals surface area contributed by atoms with Gasteiger partial charge in [-0.1, -0.05) is 6.42 Å². The van der Waals surface area contributed by atoms with Gasteiger partial charge in [0.25, 0.3) is 0 Å². The van der Waals surface area contributed by atoms with Gasteiger partial charge in [-0.15, -0.1) is 0 Å². The number of methoxy groups -OCH3 is 2. The molecule has 8 heteroatoms. The first kappa shape index (κ1) is 20.1. The molecule has 1 saturated carbocycles. The summed E-state index contributed by atoms with van der Waals surface area (Å²) in [5, 5.41) is 14.0. The third kappa shape index (κ3) is 5.01. The normalized spacial score (nSPS) is 15.8. The van der Waals surface area contributed by atoms with Crippen molar-refractivity contribution in [1.82, 2.24) is 25.8 Å². The molecule has 0 unspecified atom stereocenters. The Morgan fingerprint density at radius 2 is 2.00 bits per heavy atom. The van der Waals surface area contributed by atoms with Crippen LogP contribution in [0.5, 0.6) is 5.75 Å². The SMILES string of the molecule is CN=C(NCc1nc(-c2ccc(OC)cc2)n[nH]1)NCC1(CCOC)CCC1. The fourth-order valence-corrected chi connectivity index (χ4v) is 3.41. The van der Waals surface area contributed by atoms with E-state index in [1.54, 1.807) is 21.3 Å². The van der Waals surface area contributed by atoms with Crippen LogP contribution in [0.15, 0.2) is 29.3 Å². The van der Waals surface area contributed by atoms with Gasteiger partial charge >= 0.3 is 0 Å². The van der Waals surface area contributed by atoms with Gasteiger partial charge in [-0.25, -0.2) is 4.98 Å². The fraction of sp³-hybridized carbons (Fsp3) is 0.550. The van der Waals surface area contributed by atoms with Crippen molar-refractivity contribution in [3.8, 4) is 17.1 Å². The number of hydrogen-bond donors (Lipinski definition) is 3. The Hall–Kier alpha value is -2.61. The van der Waals surface area contributed by atoms with Crippen LogP contribution in [0.25, 0.3) is 11.4 Å². The van der Waals surface area contributed by atoms with Crippen LogP contribution < -0.4 is 15.4 Å². The highest BCUT2D eigenvalue weighted by Gasteiger charge is 2.36. The summed E-state index contributed by atoms with van der Waals surface area (Å²) in [6.07, 6.45) is 4.87. The zero-order valence-electron chi connectivity index (χ0n) is 16.9. The third-order valence-electron chi connectivity index (χ3n) is 5.41. The van der Waals surface area contributed by atoms with Gasteiger partial charge in [-0.3, -0.25) is 10.1 Å². The van der Waals surface area contributed by atoms with Crippen LogP contribution >= 0.6 is 0 Å². The minimum Gasteiger partial charge on any atom is -0.497 e. The summed E-state index contributed by atoms with van der Waals surface area (Å²) in [5.74, 6) is 3.00. The first-order valence-corrected chi connectivity index (χ1v) is 9.67. The van der Waals surface area contributed by atoms with Crippen molar-refractivity contribution in [1.29, 1.82) is 0 Å². The van der Waals surface area contributed by atoms with Crippen molar-refractivity contribution in [2.24, 2.45) is 10.4 Å². The number of rotatable bonds is 9. The highest BCUT2D eigenvalue weighted by atomic mass is 16.5. The molecule has 152 valence electrons. The second-order valence-corrected chi connectivity index (χ2v) is 7.21. The van der Waals surface area contributed by atoms with Crippen LogP contribution in [-0.4, -0.2) is 55.6 Å². The maximum Gasteiger partial charge on any atom is 0.191 e. The van der Waals surface area contributed by atoms with Gasteiger partial charge in [-0.2, -0.15) is 5.10 Å². The second-order valence-electron chi connectivity index (χ2n) is 7.21. The van der Waals surface area contributed by atoms with Crippen LogP contribution in [-0.2, 0) is 11.3 Å². The number of ether oxygens (including phenoxy) is 2. The molecule has 1 fully saturated rings. The quantitative estimate of drug-likeness (QED) is 0.452. The smallest absolute Gasteiger partial charge is 0.191 e. The number of guanidine groups is 1. The maximum absolute atomic E-state index is 5.26. The topological polar surface area (TPSA) is 96.5 Å². The number of H-pyrrole nitrogens is 1. The Labute approximate surface area is 166 Å². The molecule has 1 aliphatic rings. The summed E-state index contributed by atoms with van der Waals surface area (Å²) in [6, 6.07) is 7.68. The molecule has 0 aliphatic heterocycles. The zero-order chi connectivity index (χ0) is 19.8. The summed E-state index contributed by atoms with van der Waals surface area (Å²) in [7, 11) is 5.19. The minimum atomic E-state index is 0.335. The molecule has 8 nitrogen and oxygen atoms in total. The number of nitrogens with one attached hydrogen (secondary N) is 3. The Balaban J connectivity index is 1.50. The standard InChI is InChI=1S/C20H30N6O2/c1-21-19(23-14-20(9-4-10-20)11-12-27-2)22-13-17-24-18(26-25-17)15-5-7-16(28-3)8-6-15/h5-8H,4,9-14H2,1-3H3,(H2,21,22,23)(H,24,25,26). The number of aromatic nitrogens is 3. The Morgan fingerprint density at radius 1 is 1.21 bits per heavy atom. The van der Waals surface area contributed by atoms with E-state index in [4.69, 9.17) is 9.47 Å². The van der Waals surface area contributed by atoms with E-state index in [9.17, 15) is 0 Å². The van der Waals surface area contributed by atoms with Crippen molar-refractivity contribution in [3.63, 3.8) is 0 Å². The number of aliphatic imine (C=N–C) groups is 1. The lowest BCUT2D eigenvalue weighted by Gasteiger charge is -2.42. The summed E-state index contributed by atoms with van der Waals surface area (Å²) in [5.41, 5.74) is 1.28. The molecule has 0 radical (unpaired) electrons. The lowest BCUT2D eigenvalue weighted by Crippen LogP contribution is -2.46. The number of aromatic amines is 1. The molecular weight excluding hydrogens is 356 g/mol. The van der Waals surface area contributed by atoms with E-state index in [2.05, 4.69) is 30.8 Å². The molecule has 1 aliphatic carbocycles. The monoisotopic (exact) mass is 386 g/mol. The van der Waals surface area contributed by atoms with Crippen molar-refractivity contribution in [2.75, 3.05) is 34.4 Å². The largest absolute Gasteiger partial charge is 0.497 e. The summed E-state index contributed by atoms with van der Waals surface area (Å²) < 4.78 is 10.4. The molecule has 28 heavy (non-hydrogen) atoms. The van der Waals surface area contributed by atoms with Gasteiger partial charge in [0, 0.05) is 32.9 Å². The van der Waals surface area contributed by atoms with Crippen molar-refractivity contribution in [2.45, 2.75) is 32.2 Å². The van der Waals surface area contributed by atoms with Gasteiger partial charge in [0.2, 0.25) is 0 Å². The zero-order valence-corrected chi connectivity index (χ0v) is 16.9. The van der Waals surface area contributed by atoms with Gasteiger partial charge in [0.15, 0.2) is 11.8 Å². The highest BCUT2D eigenvalue weighted by Crippen LogP contribution is 2.43. The molecule has 1 aromatic carbocycles. The summed E-state index contributed by atoms with van der Waals surface area (Å²) in [6.45, 7) is 2.23. The molecule has 1 heterocycles. The van der Waals surface area contributed by atoms with Crippen LogP contribution in [0, 0.1) is 5.41 Å². The van der Waals surface area contributed by atoms with Gasteiger partial charge < -0.3 is 20.1 Å². The number of nitrogens with zero attached hydrogens (tertiary/aromatic N) is 3. The van der Waals surface area contributed by atoms with E-state index in [1.807, 2.05) is 24.3 Å². The first-order chi connectivity index (χ1) is 13.7. The average molecular weight is 387 g/mol. The van der Waals surface area contributed by atoms with E-state index in [0.29, 0.717) is 17.8 Å². The predicted octanol–water partition coefficient (Wildman–Crippen LogP) is 2.35. The van der Waals surface area contributed by atoms with Crippen LogP contribution in [0.4, 0.5) is 0 Å². The molecular formula is C20H30N6O2. The minimum absolute atomic E-state index is 0.335. The van der Waals surface area contributed by atoms with Gasteiger partial charge in [0.05, 0.1) is 13.7 Å². The molecule has 0 atom stereocenters. The van der Waals surface area contributed by atoms with Gasteiger partial charge in [-0.05, 0) is 48.9 Å². The lowest BCUT2D eigenvalue weighted by atomic mass is 9.67. The molecule has 3 rings (SSSR count). The molecule has 3 N–H and O–H groups in total. The lowest BCUT2D eigenvalue weighted by molar-refractivity contribution is 0.0732. The molecule has 0 spiro atoms. The molecule has 0 amide bonds. The molecule has 1 aromatic heterocycles. The first-order valence-electron chi connectivity index (χ1n) is 9.67. The van der Waals surface area contributed by atoms with Crippen LogP contribution in [0.2, 0.25) is 0 Å². The molecule has 0 bridgehead atoms. The van der Waals surface area contributed by atoms with E-state index < -0.39 is 0 Å². The summed E-state index contributed by atoms with van der Waals surface area (Å²) >= 11 is 0. The van der Waals surface area contributed by atoms with Crippen LogP contribution in [0.3, 0.4) is 0 Å². The summed E-state index contributed by atoms with van der Waals surface area (Å²) in [4.78, 5) is 8.87. The maximum atomic E-state index is 5.26. The molecule has 2 aromatic rings. The average Bonchev–Trinajstić information content (AvgIpc) is 3.18. The predicted molar refractivity (Wildman–Crippen MR) is 109 cm³/mol. The number of benzene rings is 1. The Morgan fingerprint density at radius 3 is 2.61 bits per heavy atom. The van der Waals surface area contributed by atoms with E-state index in [-0.39, 0.29) is 0 Å². The highest BCUT2D eigenvalue weighted by molar-refractivity contribution is 5.79.